The highest BCUT2D eigenvalue weighted by Gasteiger charge is 2.38. The van der Waals surface area contributed by atoms with Crippen LogP contribution in [0, 0.1) is 6.92 Å². The lowest BCUT2D eigenvalue weighted by Gasteiger charge is -2.23. The Hall–Kier alpha value is -1.55. The molecule has 0 saturated heterocycles. The molecule has 1 aliphatic rings. The number of carbonyl (C=O) groups excluding carboxylic acids is 1. The van der Waals surface area contributed by atoms with Gasteiger partial charge in [0.2, 0.25) is 0 Å². The van der Waals surface area contributed by atoms with Gasteiger partial charge in [0.05, 0.1) is 0 Å². The van der Waals surface area contributed by atoms with Gasteiger partial charge in [-0.1, -0.05) is 12.1 Å². The van der Waals surface area contributed by atoms with Gasteiger partial charge in [0, 0.05) is 26.3 Å². The summed E-state index contributed by atoms with van der Waals surface area (Å²) >= 11 is 0. The lowest BCUT2D eigenvalue weighted by Crippen LogP contribution is -2.44. The van der Waals surface area contributed by atoms with E-state index in [0.29, 0.717) is 19.4 Å². The molecule has 4 heteroatoms. The molecule has 2 N–H and O–H groups in total. The van der Waals surface area contributed by atoms with E-state index in [0.717, 1.165) is 24.1 Å². The molecular formula is C16H24N2O2. The van der Waals surface area contributed by atoms with E-state index in [4.69, 9.17) is 0 Å². The first-order chi connectivity index (χ1) is 9.42. The summed E-state index contributed by atoms with van der Waals surface area (Å²) in [7, 11) is 3.98. The second-order valence-corrected chi connectivity index (χ2v) is 5.95. The molecule has 2 rings (SSSR count). The van der Waals surface area contributed by atoms with Gasteiger partial charge in [0.1, 0.15) is 5.60 Å². The summed E-state index contributed by atoms with van der Waals surface area (Å²) in [5.41, 5.74) is 2.21. The van der Waals surface area contributed by atoms with E-state index in [1.54, 1.807) is 0 Å². The van der Waals surface area contributed by atoms with Gasteiger partial charge in [-0.2, -0.15) is 0 Å². The molecule has 0 atom stereocenters. The molecule has 1 amide bonds. The van der Waals surface area contributed by atoms with E-state index in [9.17, 15) is 9.90 Å². The number of rotatable bonds is 4. The van der Waals surface area contributed by atoms with Crippen LogP contribution in [-0.4, -0.2) is 30.7 Å². The van der Waals surface area contributed by atoms with Crippen molar-refractivity contribution in [1.29, 1.82) is 0 Å². The third kappa shape index (κ3) is 3.12. The zero-order valence-electron chi connectivity index (χ0n) is 12.6. The van der Waals surface area contributed by atoms with Gasteiger partial charge < -0.3 is 15.3 Å². The number of nitrogens with one attached hydrogen (secondary N) is 1. The van der Waals surface area contributed by atoms with Gasteiger partial charge in [0.15, 0.2) is 0 Å². The predicted octanol–water partition coefficient (Wildman–Crippen LogP) is 1.98. The largest absolute Gasteiger partial charge is 0.380 e. The number of aliphatic hydroxyl groups is 1. The van der Waals surface area contributed by atoms with Crippen molar-refractivity contribution in [2.45, 2.75) is 44.8 Å². The van der Waals surface area contributed by atoms with Gasteiger partial charge in [-0.3, -0.25) is 4.79 Å². The molecule has 1 fully saturated rings. The Balaban J connectivity index is 2.05. The highest BCUT2D eigenvalue weighted by molar-refractivity contribution is 5.85. The Labute approximate surface area is 120 Å². The zero-order valence-corrected chi connectivity index (χ0v) is 12.6. The van der Waals surface area contributed by atoms with E-state index in [-0.39, 0.29) is 5.91 Å². The number of amides is 1. The summed E-state index contributed by atoms with van der Waals surface area (Å²) in [6, 6.07) is 6.17. The Bertz CT molecular complexity index is 491. The van der Waals surface area contributed by atoms with Crippen LogP contribution in [0.4, 0.5) is 5.69 Å². The number of benzene rings is 1. The lowest BCUT2D eigenvalue weighted by atomic mass is 10.0. The van der Waals surface area contributed by atoms with E-state index in [1.807, 2.05) is 31.1 Å². The first-order valence-corrected chi connectivity index (χ1v) is 7.20. The first-order valence-electron chi connectivity index (χ1n) is 7.20. The fraction of sp³-hybridized carbons (Fsp3) is 0.562. The van der Waals surface area contributed by atoms with Crippen LogP contribution in [0.2, 0.25) is 0 Å². The number of hydrogen-bond donors (Lipinski definition) is 2. The van der Waals surface area contributed by atoms with Crippen LogP contribution in [0.15, 0.2) is 18.2 Å². The third-order valence-corrected chi connectivity index (χ3v) is 4.02. The quantitative estimate of drug-likeness (QED) is 0.884. The Morgan fingerprint density at radius 1 is 1.35 bits per heavy atom. The second-order valence-electron chi connectivity index (χ2n) is 5.95. The standard InChI is InChI=1S/C16H24N2O2/c1-12-6-7-13(14(10-12)18(2)3)11-17-15(19)16(20)8-4-5-9-16/h6-7,10,20H,4-5,8-9,11H2,1-3H3,(H,17,19). The highest BCUT2D eigenvalue weighted by Crippen LogP contribution is 2.29. The van der Waals surface area contributed by atoms with Crippen LogP contribution in [0.1, 0.15) is 36.8 Å². The van der Waals surface area contributed by atoms with E-state index in [2.05, 4.69) is 18.3 Å². The van der Waals surface area contributed by atoms with Crippen molar-refractivity contribution in [2.24, 2.45) is 0 Å². The zero-order chi connectivity index (χ0) is 14.8. The molecule has 20 heavy (non-hydrogen) atoms. The fourth-order valence-electron chi connectivity index (χ4n) is 2.77. The summed E-state index contributed by atoms with van der Waals surface area (Å²) in [6.45, 7) is 2.51. The number of carbonyl (C=O) groups is 1. The summed E-state index contributed by atoms with van der Waals surface area (Å²) in [6.07, 6.45) is 3.01. The molecule has 4 nitrogen and oxygen atoms in total. The molecule has 0 radical (unpaired) electrons. The summed E-state index contributed by atoms with van der Waals surface area (Å²) in [4.78, 5) is 14.2. The van der Waals surface area contributed by atoms with Gasteiger partial charge >= 0.3 is 0 Å². The minimum atomic E-state index is -1.15. The second kappa shape index (κ2) is 5.83. The van der Waals surface area contributed by atoms with Crippen LogP contribution in [0.25, 0.3) is 0 Å². The van der Waals surface area contributed by atoms with E-state index in [1.165, 1.54) is 5.56 Å². The minimum Gasteiger partial charge on any atom is -0.380 e. The first kappa shape index (κ1) is 14.9. The van der Waals surface area contributed by atoms with Gasteiger partial charge in [-0.25, -0.2) is 0 Å². The van der Waals surface area contributed by atoms with Crippen molar-refractivity contribution in [2.75, 3.05) is 19.0 Å². The molecule has 110 valence electrons. The van der Waals surface area contributed by atoms with Crippen molar-refractivity contribution in [1.82, 2.24) is 5.32 Å². The lowest BCUT2D eigenvalue weighted by molar-refractivity contribution is -0.139. The van der Waals surface area contributed by atoms with Gasteiger partial charge in [-0.15, -0.1) is 0 Å². The molecule has 0 aromatic heterocycles. The van der Waals surface area contributed by atoms with Crippen molar-refractivity contribution in [3.05, 3.63) is 29.3 Å². The average molecular weight is 276 g/mol. The van der Waals surface area contributed by atoms with Crippen molar-refractivity contribution in [3.63, 3.8) is 0 Å². The number of aryl methyl sites for hydroxylation is 1. The average Bonchev–Trinajstić information content (AvgIpc) is 2.85. The van der Waals surface area contributed by atoms with Crippen LogP contribution in [0.5, 0.6) is 0 Å². The molecule has 0 unspecified atom stereocenters. The summed E-state index contributed by atoms with van der Waals surface area (Å²) < 4.78 is 0. The Kier molecular flexibility index (Phi) is 4.33. The topological polar surface area (TPSA) is 52.6 Å². The maximum Gasteiger partial charge on any atom is 0.252 e. The smallest absolute Gasteiger partial charge is 0.252 e. The van der Waals surface area contributed by atoms with Crippen molar-refractivity contribution in [3.8, 4) is 0 Å². The minimum absolute atomic E-state index is 0.236. The number of anilines is 1. The Morgan fingerprint density at radius 3 is 2.60 bits per heavy atom. The molecule has 0 spiro atoms. The summed E-state index contributed by atoms with van der Waals surface area (Å²) in [5.74, 6) is -0.236. The molecule has 0 heterocycles. The molecular weight excluding hydrogens is 252 g/mol. The Morgan fingerprint density at radius 2 is 2.00 bits per heavy atom. The third-order valence-electron chi connectivity index (χ3n) is 4.02. The number of hydrogen-bond acceptors (Lipinski definition) is 3. The molecule has 0 aliphatic heterocycles. The maximum atomic E-state index is 12.1. The van der Waals surface area contributed by atoms with Crippen LogP contribution >= 0.6 is 0 Å². The van der Waals surface area contributed by atoms with Gasteiger partial charge in [-0.05, 0) is 49.8 Å². The monoisotopic (exact) mass is 276 g/mol. The normalized spacial score (nSPS) is 17.0. The molecule has 1 aromatic carbocycles. The molecule has 0 bridgehead atoms. The predicted molar refractivity (Wildman–Crippen MR) is 80.8 cm³/mol. The SMILES string of the molecule is Cc1ccc(CNC(=O)C2(O)CCCC2)c(N(C)C)c1. The molecule has 1 saturated carbocycles. The van der Waals surface area contributed by atoms with E-state index >= 15 is 0 Å². The maximum absolute atomic E-state index is 12.1. The fourth-order valence-corrected chi connectivity index (χ4v) is 2.77. The van der Waals surface area contributed by atoms with Crippen LogP contribution in [-0.2, 0) is 11.3 Å². The van der Waals surface area contributed by atoms with Crippen molar-refractivity contribution >= 4 is 11.6 Å². The molecule has 1 aromatic rings. The number of nitrogens with zero attached hydrogens (tertiary/aromatic N) is 1. The van der Waals surface area contributed by atoms with Crippen LogP contribution < -0.4 is 10.2 Å². The van der Waals surface area contributed by atoms with Gasteiger partial charge in [0.25, 0.3) is 5.91 Å². The van der Waals surface area contributed by atoms with E-state index < -0.39 is 5.60 Å². The van der Waals surface area contributed by atoms with Crippen molar-refractivity contribution < 1.29 is 9.90 Å². The highest BCUT2D eigenvalue weighted by atomic mass is 16.3. The summed E-state index contributed by atoms with van der Waals surface area (Å²) in [5, 5.41) is 13.1. The van der Waals surface area contributed by atoms with Crippen LogP contribution in [0.3, 0.4) is 0 Å². The molecule has 1 aliphatic carbocycles.